The number of amides is 1. The van der Waals surface area contributed by atoms with E-state index >= 15 is 0 Å². The minimum absolute atomic E-state index is 0.152. The molecule has 4 aliphatic rings. The Hall–Kier alpha value is -2.61. The van der Waals surface area contributed by atoms with E-state index < -0.39 is 6.23 Å². The van der Waals surface area contributed by atoms with Gasteiger partial charge in [0.1, 0.15) is 18.6 Å². The van der Waals surface area contributed by atoms with E-state index in [0.29, 0.717) is 13.0 Å². The maximum absolute atomic E-state index is 12.9. The molecule has 35 heavy (non-hydrogen) atoms. The molecule has 2 aromatic rings. The molecule has 6 rings (SSSR count). The first kappa shape index (κ1) is 22.8. The van der Waals surface area contributed by atoms with Gasteiger partial charge in [-0.15, -0.1) is 0 Å². The Balaban J connectivity index is 1.05. The number of aryl methyl sites for hydroxylation is 2. The fraction of sp³-hybridized carbons (Fsp3) is 0.536. The Morgan fingerprint density at radius 1 is 1.11 bits per heavy atom. The van der Waals surface area contributed by atoms with Crippen molar-refractivity contribution in [1.82, 2.24) is 4.90 Å². The number of ether oxygens (including phenoxy) is 1. The number of piperidine rings is 1. The number of anilines is 2. The number of nitrogens with one attached hydrogen (secondary N) is 1. The highest BCUT2D eigenvalue weighted by Gasteiger charge is 2.48. The summed E-state index contributed by atoms with van der Waals surface area (Å²) in [6.45, 7) is 5.29. The van der Waals surface area contributed by atoms with Gasteiger partial charge in [0, 0.05) is 24.0 Å². The third-order valence-electron chi connectivity index (χ3n) is 8.56. The van der Waals surface area contributed by atoms with Crippen LogP contribution in [0.1, 0.15) is 48.8 Å². The Kier molecular flexibility index (Phi) is 5.74. The zero-order valence-electron chi connectivity index (χ0n) is 20.4. The first-order valence-corrected chi connectivity index (χ1v) is 13.0. The molecule has 3 N–H and O–H groups in total. The molecule has 1 unspecified atom stereocenters. The second-order valence-electron chi connectivity index (χ2n) is 10.8. The predicted molar refractivity (Wildman–Crippen MR) is 135 cm³/mol. The summed E-state index contributed by atoms with van der Waals surface area (Å²) in [5.41, 5.74) is 5.23. The van der Waals surface area contributed by atoms with Crippen LogP contribution in [0.15, 0.2) is 36.4 Å². The van der Waals surface area contributed by atoms with E-state index in [2.05, 4.69) is 46.3 Å². The van der Waals surface area contributed by atoms with Gasteiger partial charge in [0.2, 0.25) is 5.91 Å². The van der Waals surface area contributed by atoms with Crippen LogP contribution in [0.2, 0.25) is 0 Å². The number of carbonyl (C=O) groups excluding carboxylic acids is 1. The Bertz CT molecular complexity index is 1120. The highest BCUT2D eigenvalue weighted by Crippen LogP contribution is 2.45. The second kappa shape index (κ2) is 8.80. The molecule has 7 heteroatoms. The number of rotatable bonds is 5. The number of fused-ring (bicyclic) bond motifs is 3. The molecule has 0 radical (unpaired) electrons. The van der Waals surface area contributed by atoms with Crippen molar-refractivity contribution in [2.75, 3.05) is 36.5 Å². The minimum Gasteiger partial charge on any atom is -0.492 e. The van der Waals surface area contributed by atoms with Gasteiger partial charge in [-0.05, 0) is 93.9 Å². The highest BCUT2D eigenvalue weighted by atomic mass is 16.5. The van der Waals surface area contributed by atoms with Crippen molar-refractivity contribution in [1.29, 1.82) is 0 Å². The SMILES string of the molecule is Cc1ccc2c(c1)C1(CCN(CCOc3ccc4c(c3)CCC(O)N4C3CC(O)C3)CC1)C(=O)N2. The lowest BCUT2D eigenvalue weighted by Crippen LogP contribution is -2.53. The first-order valence-electron chi connectivity index (χ1n) is 13.0. The molecule has 1 atom stereocenters. The van der Waals surface area contributed by atoms with E-state index in [1.54, 1.807) is 0 Å². The van der Waals surface area contributed by atoms with Crippen LogP contribution < -0.4 is 15.0 Å². The molecule has 0 bridgehead atoms. The maximum Gasteiger partial charge on any atom is 0.235 e. The summed E-state index contributed by atoms with van der Waals surface area (Å²) in [6.07, 6.45) is 3.92. The van der Waals surface area contributed by atoms with Gasteiger partial charge in [0.25, 0.3) is 0 Å². The van der Waals surface area contributed by atoms with Crippen molar-refractivity contribution >= 4 is 17.3 Å². The zero-order chi connectivity index (χ0) is 24.2. The summed E-state index contributed by atoms with van der Waals surface area (Å²) in [5, 5.41) is 23.3. The van der Waals surface area contributed by atoms with Crippen molar-refractivity contribution in [3.8, 4) is 5.75 Å². The average molecular weight is 478 g/mol. The summed E-state index contributed by atoms with van der Waals surface area (Å²) < 4.78 is 6.12. The van der Waals surface area contributed by atoms with Crippen LogP contribution in [-0.2, 0) is 16.6 Å². The van der Waals surface area contributed by atoms with E-state index in [1.807, 2.05) is 12.1 Å². The molecule has 1 amide bonds. The zero-order valence-corrected chi connectivity index (χ0v) is 20.4. The first-order chi connectivity index (χ1) is 16.9. The van der Waals surface area contributed by atoms with Crippen LogP contribution in [0.25, 0.3) is 0 Å². The summed E-state index contributed by atoms with van der Waals surface area (Å²) in [6, 6.07) is 12.6. The smallest absolute Gasteiger partial charge is 0.235 e. The molecule has 2 fully saturated rings. The molecule has 2 aromatic carbocycles. The Morgan fingerprint density at radius 3 is 2.69 bits per heavy atom. The van der Waals surface area contributed by atoms with Gasteiger partial charge in [0.15, 0.2) is 0 Å². The summed E-state index contributed by atoms with van der Waals surface area (Å²) in [5.74, 6) is 1.01. The molecule has 1 aliphatic carbocycles. The molecule has 0 aromatic heterocycles. The van der Waals surface area contributed by atoms with Crippen LogP contribution in [0.3, 0.4) is 0 Å². The second-order valence-corrected chi connectivity index (χ2v) is 10.8. The monoisotopic (exact) mass is 477 g/mol. The summed E-state index contributed by atoms with van der Waals surface area (Å²) in [4.78, 5) is 17.4. The van der Waals surface area contributed by atoms with Gasteiger partial charge >= 0.3 is 0 Å². The fourth-order valence-electron chi connectivity index (χ4n) is 6.39. The molecule has 1 saturated heterocycles. The number of hydrogen-bond acceptors (Lipinski definition) is 6. The number of hydrogen-bond donors (Lipinski definition) is 3. The normalized spacial score (nSPS) is 27.2. The quantitative estimate of drug-likeness (QED) is 0.614. The van der Waals surface area contributed by atoms with Crippen molar-refractivity contribution in [2.24, 2.45) is 0 Å². The van der Waals surface area contributed by atoms with Crippen LogP contribution in [0.4, 0.5) is 11.4 Å². The molecular formula is C28H35N3O4. The maximum atomic E-state index is 12.9. The lowest BCUT2D eigenvalue weighted by Gasteiger charge is -2.47. The number of nitrogens with zero attached hydrogens (tertiary/aromatic N) is 2. The third-order valence-corrected chi connectivity index (χ3v) is 8.56. The molecule has 1 spiro atoms. The van der Waals surface area contributed by atoms with Crippen molar-refractivity contribution < 1.29 is 19.7 Å². The third kappa shape index (κ3) is 3.99. The van der Waals surface area contributed by atoms with Gasteiger partial charge in [-0.3, -0.25) is 9.69 Å². The Labute approximate surface area is 206 Å². The number of aliphatic hydroxyl groups excluding tert-OH is 2. The predicted octanol–water partition coefficient (Wildman–Crippen LogP) is 2.95. The van der Waals surface area contributed by atoms with Crippen LogP contribution in [-0.4, -0.2) is 65.6 Å². The van der Waals surface area contributed by atoms with Gasteiger partial charge in [0.05, 0.1) is 11.5 Å². The number of likely N-dealkylation sites (tertiary alicyclic amines) is 1. The van der Waals surface area contributed by atoms with Gasteiger partial charge < -0.3 is 25.2 Å². The molecular weight excluding hydrogens is 442 g/mol. The van der Waals surface area contributed by atoms with Gasteiger partial charge in [-0.2, -0.15) is 0 Å². The van der Waals surface area contributed by atoms with E-state index in [0.717, 1.165) is 68.9 Å². The van der Waals surface area contributed by atoms with Gasteiger partial charge in [-0.1, -0.05) is 17.7 Å². The number of carbonyl (C=O) groups is 1. The van der Waals surface area contributed by atoms with Crippen molar-refractivity contribution in [3.63, 3.8) is 0 Å². The molecule has 7 nitrogen and oxygen atoms in total. The summed E-state index contributed by atoms with van der Waals surface area (Å²) in [7, 11) is 0. The Morgan fingerprint density at radius 2 is 1.91 bits per heavy atom. The number of benzene rings is 2. The standard InChI is InChI=1S/C28H35N3O4/c1-18-2-5-24-23(14-18)28(27(34)29-24)8-10-30(11-9-28)12-13-35-22-4-6-25-19(15-22)3-7-26(33)31(25)20-16-21(32)17-20/h2,4-6,14-15,20-21,26,32-33H,3,7-13,16-17H2,1H3,(H,29,34). The molecule has 1 saturated carbocycles. The van der Waals surface area contributed by atoms with E-state index in [4.69, 9.17) is 4.74 Å². The van der Waals surface area contributed by atoms with Crippen LogP contribution in [0, 0.1) is 6.92 Å². The number of aliphatic hydroxyl groups is 2. The topological polar surface area (TPSA) is 85.3 Å². The molecule has 3 heterocycles. The van der Waals surface area contributed by atoms with E-state index in [9.17, 15) is 15.0 Å². The van der Waals surface area contributed by atoms with E-state index in [1.165, 1.54) is 16.7 Å². The van der Waals surface area contributed by atoms with Crippen molar-refractivity contribution in [2.45, 2.75) is 69.2 Å². The molecule has 186 valence electrons. The highest BCUT2D eigenvalue weighted by molar-refractivity contribution is 6.06. The lowest BCUT2D eigenvalue weighted by atomic mass is 9.73. The largest absolute Gasteiger partial charge is 0.492 e. The van der Waals surface area contributed by atoms with Crippen LogP contribution in [0.5, 0.6) is 5.75 Å². The minimum atomic E-state index is -0.480. The van der Waals surface area contributed by atoms with Crippen molar-refractivity contribution in [3.05, 3.63) is 53.1 Å². The lowest BCUT2D eigenvalue weighted by molar-refractivity contribution is -0.122. The summed E-state index contributed by atoms with van der Waals surface area (Å²) >= 11 is 0. The fourth-order valence-corrected chi connectivity index (χ4v) is 6.39. The molecule has 3 aliphatic heterocycles. The van der Waals surface area contributed by atoms with Gasteiger partial charge in [-0.25, -0.2) is 0 Å². The van der Waals surface area contributed by atoms with E-state index in [-0.39, 0.29) is 23.5 Å². The van der Waals surface area contributed by atoms with Crippen LogP contribution >= 0.6 is 0 Å². The average Bonchev–Trinajstić information content (AvgIpc) is 3.09.